The predicted molar refractivity (Wildman–Crippen MR) is 55.7 cm³/mol. The lowest BCUT2D eigenvalue weighted by atomic mass is 10.1. The minimum absolute atomic E-state index is 0.182. The average Bonchev–Trinajstić information content (AvgIpc) is 2.95. The average molecular weight is 187 g/mol. The van der Waals surface area contributed by atoms with Gasteiger partial charge in [-0.3, -0.25) is 0 Å². The van der Waals surface area contributed by atoms with Gasteiger partial charge >= 0.3 is 0 Å². The van der Waals surface area contributed by atoms with E-state index in [4.69, 9.17) is 5.73 Å². The summed E-state index contributed by atoms with van der Waals surface area (Å²) in [4.78, 5) is 7.42. The van der Waals surface area contributed by atoms with Crippen molar-refractivity contribution in [1.82, 2.24) is 9.97 Å². The van der Waals surface area contributed by atoms with Crippen molar-refractivity contribution in [1.29, 1.82) is 0 Å². The van der Waals surface area contributed by atoms with Gasteiger partial charge in [0.05, 0.1) is 0 Å². The van der Waals surface area contributed by atoms with E-state index in [1.54, 1.807) is 0 Å². The summed E-state index contributed by atoms with van der Waals surface area (Å²) in [5, 5.41) is 1.15. The van der Waals surface area contributed by atoms with Gasteiger partial charge in [0.1, 0.15) is 5.65 Å². The lowest BCUT2D eigenvalue weighted by Crippen LogP contribution is -2.12. The van der Waals surface area contributed by atoms with Crippen molar-refractivity contribution in [2.45, 2.75) is 18.9 Å². The van der Waals surface area contributed by atoms with E-state index in [1.807, 2.05) is 18.5 Å². The molecule has 3 nitrogen and oxygen atoms in total. The molecular formula is C11H13N3. The van der Waals surface area contributed by atoms with Crippen molar-refractivity contribution in [3.8, 4) is 0 Å². The van der Waals surface area contributed by atoms with Crippen molar-refractivity contribution < 1.29 is 0 Å². The highest BCUT2D eigenvalue weighted by Crippen LogP contribution is 2.39. The number of fused-ring (bicyclic) bond motifs is 1. The SMILES string of the molecule is N[C@@H](c1cnc2[nH]ccc2c1)C1CC1. The Morgan fingerprint density at radius 1 is 1.50 bits per heavy atom. The largest absolute Gasteiger partial charge is 0.346 e. The molecule has 3 N–H and O–H groups in total. The highest BCUT2D eigenvalue weighted by Gasteiger charge is 2.29. The molecule has 72 valence electrons. The van der Waals surface area contributed by atoms with Crippen LogP contribution >= 0.6 is 0 Å². The predicted octanol–water partition coefficient (Wildman–Crippen LogP) is 1.97. The first-order valence-corrected chi connectivity index (χ1v) is 5.03. The summed E-state index contributed by atoms with van der Waals surface area (Å²) in [7, 11) is 0. The Balaban J connectivity index is 2.03. The zero-order valence-corrected chi connectivity index (χ0v) is 7.90. The Kier molecular flexibility index (Phi) is 1.61. The first kappa shape index (κ1) is 8.00. The molecule has 2 aromatic rings. The number of hydrogen-bond acceptors (Lipinski definition) is 2. The monoisotopic (exact) mass is 187 g/mol. The second-order valence-corrected chi connectivity index (χ2v) is 4.05. The van der Waals surface area contributed by atoms with E-state index >= 15 is 0 Å². The molecule has 14 heavy (non-hydrogen) atoms. The maximum Gasteiger partial charge on any atom is 0.137 e. The third kappa shape index (κ3) is 1.21. The van der Waals surface area contributed by atoms with Crippen LogP contribution in [0, 0.1) is 5.92 Å². The number of aromatic amines is 1. The topological polar surface area (TPSA) is 54.7 Å². The van der Waals surface area contributed by atoms with Gasteiger partial charge in [-0.05, 0) is 36.5 Å². The molecule has 3 rings (SSSR count). The van der Waals surface area contributed by atoms with E-state index in [-0.39, 0.29) is 6.04 Å². The summed E-state index contributed by atoms with van der Waals surface area (Å²) in [6.45, 7) is 0. The fraction of sp³-hybridized carbons (Fsp3) is 0.364. The number of nitrogens with one attached hydrogen (secondary N) is 1. The van der Waals surface area contributed by atoms with Crippen molar-refractivity contribution in [2.75, 3.05) is 0 Å². The van der Waals surface area contributed by atoms with Gasteiger partial charge in [-0.1, -0.05) is 0 Å². The van der Waals surface area contributed by atoms with Crippen LogP contribution in [0.1, 0.15) is 24.4 Å². The Bertz CT molecular complexity index is 456. The summed E-state index contributed by atoms with van der Waals surface area (Å²) in [5.41, 5.74) is 8.22. The molecule has 1 atom stereocenters. The summed E-state index contributed by atoms with van der Waals surface area (Å²) in [5.74, 6) is 0.688. The molecule has 0 spiro atoms. The highest BCUT2D eigenvalue weighted by atomic mass is 14.8. The van der Waals surface area contributed by atoms with Crippen LogP contribution in [0.5, 0.6) is 0 Å². The Labute approximate surface area is 82.3 Å². The Morgan fingerprint density at radius 2 is 2.36 bits per heavy atom. The Morgan fingerprint density at radius 3 is 3.14 bits per heavy atom. The van der Waals surface area contributed by atoms with E-state index in [2.05, 4.69) is 16.0 Å². The summed E-state index contributed by atoms with van der Waals surface area (Å²) >= 11 is 0. The quantitative estimate of drug-likeness (QED) is 0.755. The van der Waals surface area contributed by atoms with Crippen molar-refractivity contribution in [3.05, 3.63) is 30.1 Å². The molecule has 0 bridgehead atoms. The molecule has 1 saturated carbocycles. The van der Waals surface area contributed by atoms with Gasteiger partial charge in [-0.25, -0.2) is 4.98 Å². The van der Waals surface area contributed by atoms with Crippen LogP contribution in [0.2, 0.25) is 0 Å². The minimum Gasteiger partial charge on any atom is -0.346 e. The fourth-order valence-corrected chi connectivity index (χ4v) is 1.87. The van der Waals surface area contributed by atoms with Crippen LogP contribution < -0.4 is 5.73 Å². The third-order valence-electron chi connectivity index (χ3n) is 2.94. The van der Waals surface area contributed by atoms with Gasteiger partial charge in [-0.2, -0.15) is 0 Å². The molecule has 1 fully saturated rings. The molecule has 0 aromatic carbocycles. The third-order valence-corrected chi connectivity index (χ3v) is 2.94. The van der Waals surface area contributed by atoms with Gasteiger partial charge < -0.3 is 10.7 Å². The highest BCUT2D eigenvalue weighted by molar-refractivity contribution is 5.75. The summed E-state index contributed by atoms with van der Waals surface area (Å²) in [6, 6.07) is 4.36. The van der Waals surface area contributed by atoms with E-state index < -0.39 is 0 Å². The summed E-state index contributed by atoms with van der Waals surface area (Å²) < 4.78 is 0. The standard InChI is InChI=1S/C11H13N3/c12-10(7-1-2-7)9-5-8-3-4-13-11(8)14-6-9/h3-7,10H,1-2,12H2,(H,13,14)/t10-/m1/s1. The molecule has 2 aromatic heterocycles. The van der Waals surface area contributed by atoms with Crippen LogP contribution in [0.25, 0.3) is 11.0 Å². The number of H-pyrrole nitrogens is 1. The molecule has 0 unspecified atom stereocenters. The van der Waals surface area contributed by atoms with Crippen LogP contribution in [-0.2, 0) is 0 Å². The minimum atomic E-state index is 0.182. The lowest BCUT2D eigenvalue weighted by Gasteiger charge is -2.09. The number of aromatic nitrogens is 2. The normalized spacial score (nSPS) is 18.6. The number of nitrogens with zero attached hydrogens (tertiary/aromatic N) is 1. The fourth-order valence-electron chi connectivity index (χ4n) is 1.87. The maximum atomic E-state index is 6.11. The molecule has 1 aliphatic rings. The number of hydrogen-bond donors (Lipinski definition) is 2. The zero-order valence-electron chi connectivity index (χ0n) is 7.90. The van der Waals surface area contributed by atoms with Crippen molar-refractivity contribution in [2.24, 2.45) is 11.7 Å². The Hall–Kier alpha value is -1.35. The lowest BCUT2D eigenvalue weighted by molar-refractivity contribution is 0.632. The van der Waals surface area contributed by atoms with E-state index in [0.29, 0.717) is 5.92 Å². The molecule has 0 aliphatic heterocycles. The number of nitrogens with two attached hydrogens (primary N) is 1. The molecular weight excluding hydrogens is 174 g/mol. The zero-order chi connectivity index (χ0) is 9.54. The van der Waals surface area contributed by atoms with Gasteiger partial charge in [0.25, 0.3) is 0 Å². The molecule has 0 saturated heterocycles. The van der Waals surface area contributed by atoms with Crippen molar-refractivity contribution >= 4 is 11.0 Å². The molecule has 0 amide bonds. The van der Waals surface area contributed by atoms with Gasteiger partial charge in [-0.15, -0.1) is 0 Å². The second-order valence-electron chi connectivity index (χ2n) is 4.05. The van der Waals surface area contributed by atoms with E-state index in [9.17, 15) is 0 Å². The first-order chi connectivity index (χ1) is 6.84. The number of rotatable bonds is 2. The van der Waals surface area contributed by atoms with Crippen LogP contribution in [0.4, 0.5) is 0 Å². The van der Waals surface area contributed by atoms with E-state index in [1.165, 1.54) is 18.4 Å². The summed E-state index contributed by atoms with van der Waals surface area (Å²) in [6.07, 6.45) is 6.34. The molecule has 3 heteroatoms. The molecule has 0 radical (unpaired) electrons. The van der Waals surface area contributed by atoms with Crippen LogP contribution in [0.3, 0.4) is 0 Å². The van der Waals surface area contributed by atoms with Gasteiger partial charge in [0.2, 0.25) is 0 Å². The number of pyridine rings is 1. The second kappa shape index (κ2) is 2.82. The van der Waals surface area contributed by atoms with Crippen LogP contribution in [-0.4, -0.2) is 9.97 Å². The smallest absolute Gasteiger partial charge is 0.137 e. The van der Waals surface area contributed by atoms with Crippen LogP contribution in [0.15, 0.2) is 24.5 Å². The molecule has 1 aliphatic carbocycles. The first-order valence-electron chi connectivity index (χ1n) is 5.03. The van der Waals surface area contributed by atoms with Crippen molar-refractivity contribution in [3.63, 3.8) is 0 Å². The van der Waals surface area contributed by atoms with Gasteiger partial charge in [0.15, 0.2) is 0 Å². The van der Waals surface area contributed by atoms with E-state index in [0.717, 1.165) is 11.0 Å². The molecule has 2 heterocycles. The van der Waals surface area contributed by atoms with Gasteiger partial charge in [0, 0.05) is 23.8 Å². The maximum absolute atomic E-state index is 6.11.